The molecule has 1 saturated heterocycles. The van der Waals surface area contributed by atoms with Gasteiger partial charge in [0, 0.05) is 48.9 Å². The monoisotopic (exact) mass is 320 g/mol. The van der Waals surface area contributed by atoms with Gasteiger partial charge in [-0.1, -0.05) is 0 Å². The molecule has 1 aliphatic rings. The maximum absolute atomic E-state index is 12.2. The maximum Gasteiger partial charge on any atom is 0.410 e. The zero-order valence-electron chi connectivity index (χ0n) is 15.0. The third-order valence-corrected chi connectivity index (χ3v) is 3.81. The molecule has 2 heterocycles. The number of likely N-dealkylation sites (tertiary alicyclic amines) is 1. The van der Waals surface area contributed by atoms with Gasteiger partial charge in [0.25, 0.3) is 0 Å². The summed E-state index contributed by atoms with van der Waals surface area (Å²) < 4.78 is 11.6. The van der Waals surface area contributed by atoms with Gasteiger partial charge in [0.15, 0.2) is 0 Å². The predicted molar refractivity (Wildman–Crippen MR) is 89.8 cm³/mol. The summed E-state index contributed by atoms with van der Waals surface area (Å²) in [6.07, 6.45) is 1.49. The zero-order valence-corrected chi connectivity index (χ0v) is 15.0. The standard InChI is InChI=1S/C18H28N2O3/c1-12-9-16(10-13(2)19-12)22-15-7-8-20(14(3)11-15)17(21)23-18(4,5)6/h9-10,14-15H,7-8,11H2,1-6H3/t14-,15+/m0/s1. The van der Waals surface area contributed by atoms with Crippen LogP contribution in [-0.2, 0) is 4.74 Å². The number of carbonyl (C=O) groups excluding carboxylic acids is 1. The lowest BCUT2D eigenvalue weighted by atomic mass is 10.0. The molecule has 0 aliphatic carbocycles. The minimum absolute atomic E-state index is 0.104. The normalized spacial score (nSPS) is 21.9. The van der Waals surface area contributed by atoms with Gasteiger partial charge in [-0.25, -0.2) is 4.79 Å². The maximum atomic E-state index is 12.2. The molecule has 0 spiro atoms. The summed E-state index contributed by atoms with van der Waals surface area (Å²) in [4.78, 5) is 18.4. The first-order chi connectivity index (χ1) is 10.6. The van der Waals surface area contributed by atoms with Gasteiger partial charge in [0.1, 0.15) is 17.5 Å². The van der Waals surface area contributed by atoms with Gasteiger partial charge in [-0.05, 0) is 41.5 Å². The van der Waals surface area contributed by atoms with Crippen LogP contribution in [0, 0.1) is 13.8 Å². The average molecular weight is 320 g/mol. The molecule has 2 atom stereocenters. The number of pyridine rings is 1. The van der Waals surface area contributed by atoms with E-state index in [0.717, 1.165) is 30.0 Å². The Morgan fingerprint density at radius 3 is 2.39 bits per heavy atom. The van der Waals surface area contributed by atoms with E-state index in [1.807, 2.05) is 53.7 Å². The number of hydrogen-bond donors (Lipinski definition) is 0. The van der Waals surface area contributed by atoms with Crippen molar-refractivity contribution >= 4 is 6.09 Å². The van der Waals surface area contributed by atoms with Crippen LogP contribution < -0.4 is 4.74 Å². The molecule has 5 heteroatoms. The summed E-state index contributed by atoms with van der Waals surface area (Å²) >= 11 is 0. The van der Waals surface area contributed by atoms with Gasteiger partial charge in [-0.2, -0.15) is 0 Å². The Bertz CT molecular complexity index is 546. The molecule has 0 unspecified atom stereocenters. The van der Waals surface area contributed by atoms with E-state index < -0.39 is 5.60 Å². The Morgan fingerprint density at radius 2 is 1.87 bits per heavy atom. The van der Waals surface area contributed by atoms with Gasteiger partial charge < -0.3 is 14.4 Å². The number of carbonyl (C=O) groups is 1. The molecule has 1 amide bonds. The molecular formula is C18H28N2O3. The quantitative estimate of drug-likeness (QED) is 0.830. The molecule has 5 nitrogen and oxygen atoms in total. The molecule has 1 aliphatic heterocycles. The summed E-state index contributed by atoms with van der Waals surface area (Å²) in [7, 11) is 0. The lowest BCUT2D eigenvalue weighted by Crippen LogP contribution is -2.49. The molecule has 1 fully saturated rings. The van der Waals surface area contributed by atoms with Crippen molar-refractivity contribution in [3.8, 4) is 5.75 Å². The molecule has 128 valence electrons. The van der Waals surface area contributed by atoms with Gasteiger partial charge in [-0.15, -0.1) is 0 Å². The minimum atomic E-state index is -0.462. The van der Waals surface area contributed by atoms with Gasteiger partial charge in [0.05, 0.1) is 0 Å². The van der Waals surface area contributed by atoms with E-state index in [9.17, 15) is 4.79 Å². The molecule has 1 aromatic heterocycles. The largest absolute Gasteiger partial charge is 0.490 e. The zero-order chi connectivity index (χ0) is 17.2. The number of aromatic nitrogens is 1. The van der Waals surface area contributed by atoms with Crippen LogP contribution in [0.4, 0.5) is 4.79 Å². The fourth-order valence-corrected chi connectivity index (χ4v) is 2.88. The second-order valence-corrected chi connectivity index (χ2v) is 7.37. The topological polar surface area (TPSA) is 51.7 Å². The summed E-state index contributed by atoms with van der Waals surface area (Å²) in [6, 6.07) is 4.02. The number of rotatable bonds is 2. The van der Waals surface area contributed by atoms with E-state index in [4.69, 9.17) is 9.47 Å². The van der Waals surface area contributed by atoms with E-state index in [1.165, 1.54) is 0 Å². The van der Waals surface area contributed by atoms with Crippen molar-refractivity contribution in [3.05, 3.63) is 23.5 Å². The molecular weight excluding hydrogens is 292 g/mol. The highest BCUT2D eigenvalue weighted by atomic mass is 16.6. The SMILES string of the molecule is Cc1cc(O[C@@H]2CCN(C(=O)OC(C)(C)C)[C@@H](C)C2)cc(C)n1. The highest BCUT2D eigenvalue weighted by Crippen LogP contribution is 2.25. The smallest absolute Gasteiger partial charge is 0.410 e. The average Bonchev–Trinajstić information content (AvgIpc) is 2.34. The fourth-order valence-electron chi connectivity index (χ4n) is 2.88. The molecule has 0 radical (unpaired) electrons. The molecule has 0 aromatic carbocycles. The Morgan fingerprint density at radius 1 is 1.26 bits per heavy atom. The van der Waals surface area contributed by atoms with Crippen LogP contribution in [0.15, 0.2) is 12.1 Å². The number of nitrogens with zero attached hydrogens (tertiary/aromatic N) is 2. The summed E-state index contributed by atoms with van der Waals surface area (Å²) in [6.45, 7) is 12.3. The lowest BCUT2D eigenvalue weighted by molar-refractivity contribution is -0.00103. The van der Waals surface area contributed by atoms with Crippen LogP contribution >= 0.6 is 0 Å². The van der Waals surface area contributed by atoms with Crippen LogP contribution in [0.1, 0.15) is 51.9 Å². The second-order valence-electron chi connectivity index (χ2n) is 7.37. The van der Waals surface area contributed by atoms with Gasteiger partial charge >= 0.3 is 6.09 Å². The Hall–Kier alpha value is -1.78. The molecule has 0 saturated carbocycles. The number of amides is 1. The van der Waals surface area contributed by atoms with Crippen LogP contribution in [-0.4, -0.2) is 40.3 Å². The third kappa shape index (κ3) is 5.12. The van der Waals surface area contributed by atoms with Crippen molar-refractivity contribution < 1.29 is 14.3 Å². The highest BCUT2D eigenvalue weighted by Gasteiger charge is 2.32. The minimum Gasteiger partial charge on any atom is -0.490 e. The van der Waals surface area contributed by atoms with Crippen molar-refractivity contribution in [2.45, 2.75) is 72.1 Å². The van der Waals surface area contributed by atoms with Crippen LogP contribution in [0.25, 0.3) is 0 Å². The van der Waals surface area contributed by atoms with E-state index in [-0.39, 0.29) is 18.2 Å². The second kappa shape index (κ2) is 6.77. The van der Waals surface area contributed by atoms with Crippen molar-refractivity contribution in [3.63, 3.8) is 0 Å². The predicted octanol–water partition coefficient (Wildman–Crippen LogP) is 3.87. The molecule has 2 rings (SSSR count). The highest BCUT2D eigenvalue weighted by molar-refractivity contribution is 5.68. The van der Waals surface area contributed by atoms with Crippen molar-refractivity contribution in [2.75, 3.05) is 6.54 Å². The number of aryl methyl sites for hydroxylation is 2. The van der Waals surface area contributed by atoms with Crippen LogP contribution in [0.5, 0.6) is 5.75 Å². The van der Waals surface area contributed by atoms with E-state index >= 15 is 0 Å². The fraction of sp³-hybridized carbons (Fsp3) is 0.667. The van der Waals surface area contributed by atoms with Crippen LogP contribution in [0.3, 0.4) is 0 Å². The Labute approximate surface area is 139 Å². The first-order valence-corrected chi connectivity index (χ1v) is 8.25. The first-order valence-electron chi connectivity index (χ1n) is 8.25. The van der Waals surface area contributed by atoms with Crippen molar-refractivity contribution in [2.24, 2.45) is 0 Å². The molecule has 1 aromatic rings. The number of ether oxygens (including phenoxy) is 2. The number of hydrogen-bond acceptors (Lipinski definition) is 4. The molecule has 23 heavy (non-hydrogen) atoms. The van der Waals surface area contributed by atoms with E-state index in [1.54, 1.807) is 4.90 Å². The van der Waals surface area contributed by atoms with Crippen molar-refractivity contribution in [1.82, 2.24) is 9.88 Å². The third-order valence-electron chi connectivity index (χ3n) is 3.81. The summed E-state index contributed by atoms with van der Waals surface area (Å²) in [5.41, 5.74) is 1.45. The molecule has 0 bridgehead atoms. The Balaban J connectivity index is 1.94. The van der Waals surface area contributed by atoms with Crippen LogP contribution in [0.2, 0.25) is 0 Å². The number of piperidine rings is 1. The lowest BCUT2D eigenvalue weighted by Gasteiger charge is -2.38. The van der Waals surface area contributed by atoms with Crippen molar-refractivity contribution in [1.29, 1.82) is 0 Å². The Kier molecular flexibility index (Phi) is 5.17. The van der Waals surface area contributed by atoms with Gasteiger partial charge in [-0.3, -0.25) is 4.98 Å². The van der Waals surface area contributed by atoms with E-state index in [2.05, 4.69) is 4.98 Å². The first kappa shape index (κ1) is 17.6. The van der Waals surface area contributed by atoms with Gasteiger partial charge in [0.2, 0.25) is 0 Å². The summed E-state index contributed by atoms with van der Waals surface area (Å²) in [5, 5.41) is 0. The van der Waals surface area contributed by atoms with E-state index in [0.29, 0.717) is 6.54 Å². The summed E-state index contributed by atoms with van der Waals surface area (Å²) in [5.74, 6) is 0.859. The molecule has 0 N–H and O–H groups in total.